The second-order valence-corrected chi connectivity index (χ2v) is 7.34. The summed E-state index contributed by atoms with van der Waals surface area (Å²) in [6.07, 6.45) is 8.12. The highest BCUT2D eigenvalue weighted by Crippen LogP contribution is 2.33. The van der Waals surface area contributed by atoms with Gasteiger partial charge in [-0.2, -0.15) is 0 Å². The van der Waals surface area contributed by atoms with Gasteiger partial charge in [-0.25, -0.2) is 0 Å². The molecule has 2 rings (SSSR count). The van der Waals surface area contributed by atoms with Crippen LogP contribution in [0, 0.1) is 23.7 Å². The first-order chi connectivity index (χ1) is 9.51. The van der Waals surface area contributed by atoms with Crippen LogP contribution in [0.2, 0.25) is 0 Å². The van der Waals surface area contributed by atoms with Crippen LogP contribution in [-0.2, 0) is 4.79 Å². The second-order valence-electron chi connectivity index (χ2n) is 7.34. The third kappa shape index (κ3) is 3.75. The summed E-state index contributed by atoms with van der Waals surface area (Å²) in [5.41, 5.74) is 6.17. The van der Waals surface area contributed by atoms with Crippen LogP contribution in [0.3, 0.4) is 0 Å². The maximum Gasteiger partial charge on any atom is 0.223 e. The molecule has 0 aromatic heterocycles. The first-order valence-electron chi connectivity index (χ1n) is 8.57. The third-order valence-electron chi connectivity index (χ3n) is 5.73. The molecule has 0 radical (unpaired) electrons. The van der Waals surface area contributed by atoms with Gasteiger partial charge in [-0.1, -0.05) is 40.0 Å². The molecule has 3 nitrogen and oxygen atoms in total. The Bertz CT molecular complexity index is 331. The lowest BCUT2D eigenvalue weighted by Crippen LogP contribution is -2.48. The van der Waals surface area contributed by atoms with Crippen LogP contribution in [0.25, 0.3) is 0 Å². The van der Waals surface area contributed by atoms with E-state index in [1.165, 1.54) is 25.7 Å². The average molecular weight is 280 g/mol. The van der Waals surface area contributed by atoms with Crippen molar-refractivity contribution < 1.29 is 4.79 Å². The van der Waals surface area contributed by atoms with E-state index in [1.54, 1.807) is 0 Å². The lowest BCUT2D eigenvalue weighted by Gasteiger charge is -2.37. The summed E-state index contributed by atoms with van der Waals surface area (Å²) in [6.45, 7) is 6.68. The molecule has 6 atom stereocenters. The van der Waals surface area contributed by atoms with Gasteiger partial charge in [0.25, 0.3) is 0 Å². The molecule has 20 heavy (non-hydrogen) atoms. The van der Waals surface area contributed by atoms with Gasteiger partial charge >= 0.3 is 0 Å². The molecule has 3 N–H and O–H groups in total. The third-order valence-corrected chi connectivity index (χ3v) is 5.73. The van der Waals surface area contributed by atoms with E-state index in [4.69, 9.17) is 5.73 Å². The highest BCUT2D eigenvalue weighted by Gasteiger charge is 2.36. The maximum atomic E-state index is 12.6. The topological polar surface area (TPSA) is 55.1 Å². The summed E-state index contributed by atoms with van der Waals surface area (Å²) in [4.78, 5) is 12.6. The SMILES string of the molecule is CCC1CCCC(NC(=O)C2CC(N)C(C)CC2C)C1. The first-order valence-corrected chi connectivity index (χ1v) is 8.57. The van der Waals surface area contributed by atoms with Gasteiger partial charge in [-0.3, -0.25) is 4.79 Å². The van der Waals surface area contributed by atoms with E-state index in [-0.39, 0.29) is 17.9 Å². The van der Waals surface area contributed by atoms with Gasteiger partial charge < -0.3 is 11.1 Å². The van der Waals surface area contributed by atoms with E-state index in [9.17, 15) is 4.79 Å². The second kappa shape index (κ2) is 6.93. The predicted octanol–water partition coefficient (Wildman–Crippen LogP) is 3.08. The summed E-state index contributed by atoms with van der Waals surface area (Å²) in [7, 11) is 0. The number of nitrogens with one attached hydrogen (secondary N) is 1. The van der Waals surface area contributed by atoms with Gasteiger partial charge in [-0.15, -0.1) is 0 Å². The maximum absolute atomic E-state index is 12.6. The fraction of sp³-hybridized carbons (Fsp3) is 0.941. The molecule has 0 bridgehead atoms. The van der Waals surface area contributed by atoms with Gasteiger partial charge in [0.15, 0.2) is 0 Å². The van der Waals surface area contributed by atoms with Gasteiger partial charge in [-0.05, 0) is 43.4 Å². The van der Waals surface area contributed by atoms with E-state index in [1.807, 2.05) is 0 Å². The van der Waals surface area contributed by atoms with Crippen LogP contribution in [0.15, 0.2) is 0 Å². The number of hydrogen-bond donors (Lipinski definition) is 2. The minimum atomic E-state index is 0.128. The molecular formula is C17H32N2O. The molecule has 0 heterocycles. The number of rotatable bonds is 3. The quantitative estimate of drug-likeness (QED) is 0.834. The zero-order valence-corrected chi connectivity index (χ0v) is 13.4. The fourth-order valence-corrected chi connectivity index (χ4v) is 4.15. The van der Waals surface area contributed by atoms with Crippen molar-refractivity contribution in [3.8, 4) is 0 Å². The number of nitrogens with two attached hydrogens (primary N) is 1. The van der Waals surface area contributed by atoms with Crippen LogP contribution in [-0.4, -0.2) is 18.0 Å². The Balaban J connectivity index is 1.87. The van der Waals surface area contributed by atoms with E-state index in [2.05, 4.69) is 26.1 Å². The van der Waals surface area contributed by atoms with Crippen molar-refractivity contribution in [1.29, 1.82) is 0 Å². The normalized spacial score (nSPS) is 42.2. The Morgan fingerprint density at radius 1 is 1.15 bits per heavy atom. The minimum Gasteiger partial charge on any atom is -0.353 e. The minimum absolute atomic E-state index is 0.128. The molecule has 0 spiro atoms. The Kier molecular flexibility index (Phi) is 5.48. The Labute approximate surface area is 124 Å². The molecule has 1 amide bonds. The van der Waals surface area contributed by atoms with Crippen molar-refractivity contribution >= 4 is 5.91 Å². The summed E-state index contributed by atoms with van der Waals surface area (Å²) in [5.74, 6) is 2.22. The summed E-state index contributed by atoms with van der Waals surface area (Å²) in [6, 6.07) is 0.598. The molecule has 3 heteroatoms. The predicted molar refractivity (Wildman–Crippen MR) is 83.2 cm³/mol. The number of hydrogen-bond acceptors (Lipinski definition) is 2. The molecule has 2 aliphatic rings. The molecule has 0 aromatic rings. The summed E-state index contributed by atoms with van der Waals surface area (Å²) in [5, 5.41) is 3.32. The van der Waals surface area contributed by atoms with Crippen LogP contribution in [0.1, 0.15) is 65.7 Å². The van der Waals surface area contributed by atoms with Crippen molar-refractivity contribution in [2.24, 2.45) is 29.4 Å². The summed E-state index contributed by atoms with van der Waals surface area (Å²) < 4.78 is 0. The van der Waals surface area contributed by atoms with Crippen LogP contribution < -0.4 is 11.1 Å². The standard InChI is InChI=1S/C17H32N2O/c1-4-13-6-5-7-14(9-13)19-17(20)15-10-16(18)12(3)8-11(15)2/h11-16H,4-10,18H2,1-3H3,(H,19,20). The molecule has 0 aliphatic heterocycles. The molecule has 116 valence electrons. The van der Waals surface area contributed by atoms with E-state index in [0.29, 0.717) is 17.9 Å². The number of amides is 1. The largest absolute Gasteiger partial charge is 0.353 e. The molecular weight excluding hydrogens is 248 g/mol. The van der Waals surface area contributed by atoms with Gasteiger partial charge in [0.2, 0.25) is 5.91 Å². The molecule has 2 saturated carbocycles. The van der Waals surface area contributed by atoms with Crippen molar-refractivity contribution in [3.05, 3.63) is 0 Å². The lowest BCUT2D eigenvalue weighted by atomic mass is 9.72. The van der Waals surface area contributed by atoms with E-state index in [0.717, 1.165) is 25.2 Å². The van der Waals surface area contributed by atoms with Crippen LogP contribution in [0.4, 0.5) is 0 Å². The van der Waals surface area contributed by atoms with Crippen LogP contribution >= 0.6 is 0 Å². The van der Waals surface area contributed by atoms with Crippen molar-refractivity contribution in [3.63, 3.8) is 0 Å². The smallest absolute Gasteiger partial charge is 0.223 e. The van der Waals surface area contributed by atoms with E-state index >= 15 is 0 Å². The van der Waals surface area contributed by atoms with Crippen molar-refractivity contribution in [2.75, 3.05) is 0 Å². The average Bonchev–Trinajstić information content (AvgIpc) is 2.43. The van der Waals surface area contributed by atoms with E-state index < -0.39 is 0 Å². The molecule has 6 unspecified atom stereocenters. The fourth-order valence-electron chi connectivity index (χ4n) is 4.15. The van der Waals surface area contributed by atoms with Gasteiger partial charge in [0, 0.05) is 18.0 Å². The Morgan fingerprint density at radius 3 is 2.60 bits per heavy atom. The molecule has 0 aromatic carbocycles. The first kappa shape index (κ1) is 15.8. The van der Waals surface area contributed by atoms with Gasteiger partial charge in [0.1, 0.15) is 0 Å². The monoisotopic (exact) mass is 280 g/mol. The molecule has 0 saturated heterocycles. The molecule has 2 fully saturated rings. The highest BCUT2D eigenvalue weighted by molar-refractivity contribution is 5.79. The number of carbonyl (C=O) groups is 1. The Morgan fingerprint density at radius 2 is 1.90 bits per heavy atom. The van der Waals surface area contributed by atoms with Crippen LogP contribution in [0.5, 0.6) is 0 Å². The Hall–Kier alpha value is -0.570. The van der Waals surface area contributed by atoms with Gasteiger partial charge in [0.05, 0.1) is 0 Å². The summed E-state index contributed by atoms with van der Waals surface area (Å²) >= 11 is 0. The highest BCUT2D eigenvalue weighted by atomic mass is 16.2. The number of carbonyl (C=O) groups excluding carboxylic acids is 1. The zero-order valence-electron chi connectivity index (χ0n) is 13.4. The van der Waals surface area contributed by atoms with Crippen molar-refractivity contribution in [2.45, 2.75) is 77.8 Å². The zero-order chi connectivity index (χ0) is 14.7. The van der Waals surface area contributed by atoms with Crippen molar-refractivity contribution in [1.82, 2.24) is 5.32 Å². The molecule has 2 aliphatic carbocycles. The lowest BCUT2D eigenvalue weighted by molar-refractivity contribution is -0.129.